The molecule has 0 aliphatic carbocycles. The van der Waals surface area contributed by atoms with Gasteiger partial charge in [-0.25, -0.2) is 9.69 Å². The fourth-order valence-electron chi connectivity index (χ4n) is 2.74. The molecule has 8 heteroatoms. The summed E-state index contributed by atoms with van der Waals surface area (Å²) in [5.74, 6) is -1.94. The van der Waals surface area contributed by atoms with E-state index in [2.05, 4.69) is 21.2 Å². The molecule has 0 aromatic heterocycles. The summed E-state index contributed by atoms with van der Waals surface area (Å²) < 4.78 is 6.11. The largest absolute Gasteiger partial charge is 0.462 e. The summed E-state index contributed by atoms with van der Waals surface area (Å²) in [5, 5.41) is 2.64. The monoisotopic (exact) mass is 476 g/mol. The van der Waals surface area contributed by atoms with E-state index in [0.717, 1.165) is 22.2 Å². The minimum atomic E-state index is -0.704. The summed E-state index contributed by atoms with van der Waals surface area (Å²) in [7, 11) is 0. The van der Waals surface area contributed by atoms with E-state index in [4.69, 9.17) is 16.3 Å². The minimum Gasteiger partial charge on any atom is -0.462 e. The third-order valence-electron chi connectivity index (χ3n) is 4.24. The highest BCUT2D eigenvalue weighted by atomic mass is 79.9. The number of carbonyl (C=O) groups is 3. The lowest BCUT2D eigenvalue weighted by Gasteiger charge is -2.18. The van der Waals surface area contributed by atoms with Gasteiger partial charge in [0.2, 0.25) is 0 Å². The molecule has 2 aromatic rings. The first-order valence-electron chi connectivity index (χ1n) is 9.01. The molecule has 0 radical (unpaired) electrons. The van der Waals surface area contributed by atoms with E-state index < -0.39 is 17.8 Å². The van der Waals surface area contributed by atoms with Crippen molar-refractivity contribution in [1.29, 1.82) is 0 Å². The van der Waals surface area contributed by atoms with E-state index in [1.165, 1.54) is 12.1 Å². The number of nitrogens with one attached hydrogen (secondary N) is 1. The van der Waals surface area contributed by atoms with Crippen molar-refractivity contribution in [2.75, 3.05) is 16.8 Å². The molecule has 2 aromatic carbocycles. The number of hydrogen-bond acceptors (Lipinski definition) is 5. The van der Waals surface area contributed by atoms with E-state index in [1.54, 1.807) is 36.4 Å². The third kappa shape index (κ3) is 4.52. The van der Waals surface area contributed by atoms with Gasteiger partial charge in [-0.05, 0) is 42.8 Å². The van der Waals surface area contributed by atoms with Gasteiger partial charge in [0.15, 0.2) is 0 Å². The Morgan fingerprint density at radius 2 is 1.79 bits per heavy atom. The van der Waals surface area contributed by atoms with Crippen molar-refractivity contribution < 1.29 is 19.1 Å². The molecule has 1 aliphatic heterocycles. The van der Waals surface area contributed by atoms with Crippen molar-refractivity contribution in [2.45, 2.75) is 19.8 Å². The molecule has 0 fully saturated rings. The van der Waals surface area contributed by atoms with Crippen LogP contribution in [-0.2, 0) is 14.3 Å². The van der Waals surface area contributed by atoms with Gasteiger partial charge in [0.1, 0.15) is 10.7 Å². The van der Waals surface area contributed by atoms with E-state index in [-0.39, 0.29) is 28.6 Å². The third-order valence-corrected chi connectivity index (χ3v) is 5.12. The zero-order chi connectivity index (χ0) is 21.0. The van der Waals surface area contributed by atoms with Gasteiger partial charge in [-0.3, -0.25) is 9.59 Å². The summed E-state index contributed by atoms with van der Waals surface area (Å²) in [4.78, 5) is 39.0. The molecule has 0 spiro atoms. The van der Waals surface area contributed by atoms with Crippen LogP contribution >= 0.6 is 27.5 Å². The Hall–Kier alpha value is -2.64. The average Bonchev–Trinajstić information content (AvgIpc) is 2.93. The summed E-state index contributed by atoms with van der Waals surface area (Å²) in [6.07, 6.45) is 1.60. The predicted molar refractivity (Wildman–Crippen MR) is 115 cm³/mol. The van der Waals surface area contributed by atoms with Gasteiger partial charge in [0, 0.05) is 10.2 Å². The number of benzene rings is 2. The first-order valence-corrected chi connectivity index (χ1v) is 10.2. The fraction of sp³-hybridized carbons (Fsp3) is 0.190. The molecule has 1 aliphatic rings. The Bertz CT molecular complexity index is 988. The van der Waals surface area contributed by atoms with Gasteiger partial charge in [0.05, 0.1) is 17.9 Å². The number of amides is 2. The van der Waals surface area contributed by atoms with Gasteiger partial charge in [0.25, 0.3) is 11.8 Å². The predicted octanol–water partition coefficient (Wildman–Crippen LogP) is 4.84. The maximum absolute atomic E-state index is 13.0. The second-order valence-electron chi connectivity index (χ2n) is 6.27. The highest BCUT2D eigenvalue weighted by Gasteiger charge is 2.40. The normalized spacial score (nSPS) is 13.8. The number of anilines is 2. The van der Waals surface area contributed by atoms with Crippen LogP contribution in [0.1, 0.15) is 30.1 Å². The topological polar surface area (TPSA) is 75.7 Å². The summed E-state index contributed by atoms with van der Waals surface area (Å²) in [6.45, 7) is 2.25. The van der Waals surface area contributed by atoms with E-state index in [0.29, 0.717) is 5.69 Å². The summed E-state index contributed by atoms with van der Waals surface area (Å²) >= 11 is 9.50. The molecular formula is C21H18BrClN2O4. The van der Waals surface area contributed by atoms with Crippen LogP contribution in [0.2, 0.25) is 0 Å². The average molecular weight is 478 g/mol. The number of carbonyl (C=O) groups excluding carboxylic acids is 3. The van der Waals surface area contributed by atoms with Crippen LogP contribution in [0.15, 0.2) is 63.7 Å². The Labute approximate surface area is 181 Å². The van der Waals surface area contributed by atoms with Crippen LogP contribution in [0.25, 0.3) is 0 Å². The number of unbranched alkanes of at least 4 members (excludes halogenated alkanes) is 1. The number of para-hydroxylation sites is 1. The SMILES string of the molecule is CCCCOC(=O)c1ccccc1N1C(=O)C(Cl)=C(Nc2ccc(Br)cc2)C1=O. The molecule has 29 heavy (non-hydrogen) atoms. The van der Waals surface area contributed by atoms with Crippen LogP contribution in [-0.4, -0.2) is 24.4 Å². The van der Waals surface area contributed by atoms with Gasteiger partial charge in [-0.2, -0.15) is 0 Å². The summed E-state index contributed by atoms with van der Waals surface area (Å²) in [6, 6.07) is 13.3. The smallest absolute Gasteiger partial charge is 0.340 e. The van der Waals surface area contributed by atoms with Crippen molar-refractivity contribution in [2.24, 2.45) is 0 Å². The first kappa shape index (κ1) is 21.1. The van der Waals surface area contributed by atoms with Crippen molar-refractivity contribution in [3.05, 3.63) is 69.3 Å². The molecular weight excluding hydrogens is 460 g/mol. The number of imide groups is 1. The van der Waals surface area contributed by atoms with E-state index >= 15 is 0 Å². The molecule has 2 amide bonds. The molecule has 6 nitrogen and oxygen atoms in total. The Morgan fingerprint density at radius 1 is 1.10 bits per heavy atom. The lowest BCUT2D eigenvalue weighted by atomic mass is 10.1. The standard InChI is InChI=1S/C21H18BrClN2O4/c1-2-3-12-29-21(28)15-6-4-5-7-16(15)25-19(26)17(23)18(20(25)27)24-14-10-8-13(22)9-11-14/h4-11,24H,2-3,12H2,1H3. The van der Waals surface area contributed by atoms with Gasteiger partial charge in [-0.15, -0.1) is 0 Å². The number of hydrogen-bond donors (Lipinski definition) is 1. The van der Waals surface area contributed by atoms with Crippen LogP contribution in [0.4, 0.5) is 11.4 Å². The fourth-order valence-corrected chi connectivity index (χ4v) is 3.21. The summed E-state index contributed by atoms with van der Waals surface area (Å²) in [5.41, 5.74) is 0.805. The number of esters is 1. The van der Waals surface area contributed by atoms with Gasteiger partial charge in [-0.1, -0.05) is 53.0 Å². The Morgan fingerprint density at radius 3 is 2.48 bits per heavy atom. The zero-order valence-corrected chi connectivity index (χ0v) is 17.9. The van der Waals surface area contributed by atoms with Crippen molar-refractivity contribution in [3.63, 3.8) is 0 Å². The second-order valence-corrected chi connectivity index (χ2v) is 7.57. The van der Waals surface area contributed by atoms with Crippen molar-refractivity contribution in [1.82, 2.24) is 0 Å². The van der Waals surface area contributed by atoms with Gasteiger partial charge >= 0.3 is 5.97 Å². The number of halogens is 2. The van der Waals surface area contributed by atoms with Crippen LogP contribution < -0.4 is 10.2 Å². The molecule has 1 N–H and O–H groups in total. The molecule has 0 saturated carbocycles. The van der Waals surface area contributed by atoms with E-state index in [9.17, 15) is 14.4 Å². The second kappa shape index (κ2) is 9.24. The molecule has 0 atom stereocenters. The highest BCUT2D eigenvalue weighted by molar-refractivity contribution is 9.10. The lowest BCUT2D eigenvalue weighted by Crippen LogP contribution is -2.33. The number of ether oxygens (including phenoxy) is 1. The van der Waals surface area contributed by atoms with Gasteiger partial charge < -0.3 is 10.1 Å². The molecule has 0 saturated heterocycles. The van der Waals surface area contributed by atoms with Crippen LogP contribution in [0.3, 0.4) is 0 Å². The molecule has 0 bridgehead atoms. The Balaban J connectivity index is 1.88. The van der Waals surface area contributed by atoms with Crippen LogP contribution in [0.5, 0.6) is 0 Å². The van der Waals surface area contributed by atoms with Crippen molar-refractivity contribution >= 4 is 56.7 Å². The lowest BCUT2D eigenvalue weighted by molar-refractivity contribution is -0.120. The maximum atomic E-state index is 13.0. The minimum absolute atomic E-state index is 0.0480. The Kier molecular flexibility index (Phi) is 6.71. The van der Waals surface area contributed by atoms with Crippen molar-refractivity contribution in [3.8, 4) is 0 Å². The number of nitrogens with zero attached hydrogens (tertiary/aromatic N) is 1. The maximum Gasteiger partial charge on any atom is 0.340 e. The quantitative estimate of drug-likeness (QED) is 0.351. The van der Waals surface area contributed by atoms with E-state index in [1.807, 2.05) is 6.92 Å². The van der Waals surface area contributed by atoms with Crippen LogP contribution in [0, 0.1) is 0 Å². The molecule has 0 unspecified atom stereocenters. The highest BCUT2D eigenvalue weighted by Crippen LogP contribution is 2.32. The molecule has 150 valence electrons. The number of rotatable bonds is 7. The zero-order valence-electron chi connectivity index (χ0n) is 15.6. The molecule has 3 rings (SSSR count). The first-order chi connectivity index (χ1) is 13.9. The molecule has 1 heterocycles.